The molecule has 1 aromatic carbocycles. The van der Waals surface area contributed by atoms with Crippen LogP contribution in [0.4, 0.5) is 5.69 Å². The Bertz CT molecular complexity index is 519. The van der Waals surface area contributed by atoms with Crippen LogP contribution in [0.3, 0.4) is 0 Å². The standard InChI is InChI=1S/C14H18N2O4S/c1-2-20-14(19)8-7-13(18)16-10-5-3-4-6-11(10)21-9-12(15)17/h3-6H,2,7-9H2,1H3,(H2,15,17)(H,16,18). The van der Waals surface area contributed by atoms with Crippen molar-refractivity contribution >= 4 is 35.2 Å². The lowest BCUT2D eigenvalue weighted by Crippen LogP contribution is -2.16. The third-order valence-electron chi connectivity index (χ3n) is 2.39. The molecule has 0 heterocycles. The van der Waals surface area contributed by atoms with E-state index in [-0.39, 0.29) is 24.5 Å². The van der Waals surface area contributed by atoms with Crippen molar-refractivity contribution in [3.63, 3.8) is 0 Å². The molecule has 0 aromatic heterocycles. The van der Waals surface area contributed by atoms with E-state index in [1.807, 2.05) is 0 Å². The number of nitrogens with one attached hydrogen (secondary N) is 1. The van der Waals surface area contributed by atoms with Crippen LogP contribution in [0.2, 0.25) is 0 Å². The molecule has 0 saturated heterocycles. The Balaban J connectivity index is 2.55. The van der Waals surface area contributed by atoms with Gasteiger partial charge in [0.1, 0.15) is 0 Å². The van der Waals surface area contributed by atoms with Gasteiger partial charge in [-0.05, 0) is 19.1 Å². The first-order valence-corrected chi connectivity index (χ1v) is 7.47. The summed E-state index contributed by atoms with van der Waals surface area (Å²) in [5.41, 5.74) is 5.70. The zero-order valence-corrected chi connectivity index (χ0v) is 12.6. The lowest BCUT2D eigenvalue weighted by Gasteiger charge is -2.10. The van der Waals surface area contributed by atoms with Crippen LogP contribution in [0.5, 0.6) is 0 Å². The SMILES string of the molecule is CCOC(=O)CCC(=O)Nc1ccccc1SCC(N)=O. The summed E-state index contributed by atoms with van der Waals surface area (Å²) in [6.07, 6.45) is 0.0872. The Kier molecular flexibility index (Phi) is 7.31. The number of anilines is 1. The largest absolute Gasteiger partial charge is 0.466 e. The molecule has 3 N–H and O–H groups in total. The van der Waals surface area contributed by atoms with Gasteiger partial charge in [0.15, 0.2) is 0 Å². The molecular formula is C14H18N2O4S. The van der Waals surface area contributed by atoms with Crippen LogP contribution in [0.1, 0.15) is 19.8 Å². The maximum absolute atomic E-state index is 11.8. The van der Waals surface area contributed by atoms with Gasteiger partial charge in [-0.1, -0.05) is 12.1 Å². The van der Waals surface area contributed by atoms with Gasteiger partial charge in [0.05, 0.1) is 24.5 Å². The molecule has 0 radical (unpaired) electrons. The van der Waals surface area contributed by atoms with Crippen molar-refractivity contribution in [3.05, 3.63) is 24.3 Å². The molecule has 0 spiro atoms. The van der Waals surface area contributed by atoms with Gasteiger partial charge < -0.3 is 15.8 Å². The smallest absolute Gasteiger partial charge is 0.306 e. The highest BCUT2D eigenvalue weighted by atomic mass is 32.2. The van der Waals surface area contributed by atoms with Gasteiger partial charge >= 0.3 is 5.97 Å². The summed E-state index contributed by atoms with van der Waals surface area (Å²) >= 11 is 1.25. The van der Waals surface area contributed by atoms with E-state index in [9.17, 15) is 14.4 Å². The first-order chi connectivity index (χ1) is 10.0. The Morgan fingerprint density at radius 3 is 2.62 bits per heavy atom. The van der Waals surface area contributed by atoms with E-state index < -0.39 is 11.9 Å². The average Bonchev–Trinajstić information content (AvgIpc) is 2.44. The Morgan fingerprint density at radius 2 is 1.95 bits per heavy atom. The van der Waals surface area contributed by atoms with Crippen molar-refractivity contribution in [2.75, 3.05) is 17.7 Å². The fraction of sp³-hybridized carbons (Fsp3) is 0.357. The molecule has 0 saturated carbocycles. The molecule has 2 amide bonds. The molecule has 0 unspecified atom stereocenters. The van der Waals surface area contributed by atoms with Crippen molar-refractivity contribution in [1.29, 1.82) is 0 Å². The first kappa shape index (κ1) is 17.0. The number of primary amides is 1. The van der Waals surface area contributed by atoms with Gasteiger partial charge in [0.2, 0.25) is 11.8 Å². The lowest BCUT2D eigenvalue weighted by molar-refractivity contribution is -0.144. The van der Waals surface area contributed by atoms with Crippen LogP contribution in [0, 0.1) is 0 Å². The number of carbonyl (C=O) groups is 3. The molecule has 1 rings (SSSR count). The summed E-state index contributed by atoms with van der Waals surface area (Å²) in [7, 11) is 0. The van der Waals surface area contributed by atoms with Crippen molar-refractivity contribution in [2.45, 2.75) is 24.7 Å². The van der Waals surface area contributed by atoms with E-state index >= 15 is 0 Å². The van der Waals surface area contributed by atoms with Crippen LogP contribution < -0.4 is 11.1 Å². The topological polar surface area (TPSA) is 98.5 Å². The van der Waals surface area contributed by atoms with Gasteiger partial charge in [-0.2, -0.15) is 0 Å². The molecule has 114 valence electrons. The van der Waals surface area contributed by atoms with E-state index in [1.54, 1.807) is 31.2 Å². The summed E-state index contributed by atoms with van der Waals surface area (Å²) in [5.74, 6) is -0.974. The minimum Gasteiger partial charge on any atom is -0.466 e. The van der Waals surface area contributed by atoms with Crippen molar-refractivity contribution < 1.29 is 19.1 Å². The average molecular weight is 310 g/mol. The highest BCUT2D eigenvalue weighted by Crippen LogP contribution is 2.26. The van der Waals surface area contributed by atoms with Crippen molar-refractivity contribution in [3.8, 4) is 0 Å². The second-order valence-electron chi connectivity index (χ2n) is 4.10. The number of esters is 1. The number of hydrogen-bond donors (Lipinski definition) is 2. The number of thioether (sulfide) groups is 1. The molecule has 0 aliphatic heterocycles. The molecule has 0 aliphatic carbocycles. The van der Waals surface area contributed by atoms with E-state index in [1.165, 1.54) is 11.8 Å². The molecule has 1 aromatic rings. The van der Waals surface area contributed by atoms with Crippen LogP contribution >= 0.6 is 11.8 Å². The summed E-state index contributed by atoms with van der Waals surface area (Å²) in [6.45, 7) is 2.01. The van der Waals surface area contributed by atoms with Crippen molar-refractivity contribution in [1.82, 2.24) is 0 Å². The predicted octanol–water partition coefficient (Wildman–Crippen LogP) is 1.55. The van der Waals surface area contributed by atoms with Crippen LogP contribution in [-0.4, -0.2) is 30.1 Å². The zero-order valence-electron chi connectivity index (χ0n) is 11.8. The molecule has 7 heteroatoms. The Labute approximate surface area is 127 Å². The Morgan fingerprint density at radius 1 is 1.24 bits per heavy atom. The summed E-state index contributed by atoms with van der Waals surface area (Å²) < 4.78 is 4.76. The minimum atomic E-state index is -0.427. The third kappa shape index (κ3) is 6.80. The summed E-state index contributed by atoms with van der Waals surface area (Å²) in [4.78, 5) is 34.5. The van der Waals surface area contributed by atoms with E-state index in [2.05, 4.69) is 5.32 Å². The highest BCUT2D eigenvalue weighted by molar-refractivity contribution is 8.00. The van der Waals surface area contributed by atoms with Gasteiger partial charge in [0, 0.05) is 11.3 Å². The van der Waals surface area contributed by atoms with Gasteiger partial charge in [-0.25, -0.2) is 0 Å². The first-order valence-electron chi connectivity index (χ1n) is 6.48. The maximum Gasteiger partial charge on any atom is 0.306 e. The van der Waals surface area contributed by atoms with Gasteiger partial charge in [-0.3, -0.25) is 14.4 Å². The van der Waals surface area contributed by atoms with Crippen LogP contribution in [0.15, 0.2) is 29.2 Å². The quantitative estimate of drug-likeness (QED) is 0.560. The molecule has 0 bridgehead atoms. The predicted molar refractivity (Wildman–Crippen MR) is 80.9 cm³/mol. The number of amides is 2. The number of nitrogens with two attached hydrogens (primary N) is 1. The van der Waals surface area contributed by atoms with Gasteiger partial charge in [0.25, 0.3) is 0 Å². The van der Waals surface area contributed by atoms with Crippen LogP contribution in [0.25, 0.3) is 0 Å². The molecule has 6 nitrogen and oxygen atoms in total. The number of rotatable bonds is 8. The molecule has 0 aliphatic rings. The number of carbonyl (C=O) groups excluding carboxylic acids is 3. The third-order valence-corrected chi connectivity index (χ3v) is 3.49. The van der Waals surface area contributed by atoms with E-state index in [0.717, 1.165) is 4.90 Å². The normalized spacial score (nSPS) is 9.95. The zero-order chi connectivity index (χ0) is 15.7. The van der Waals surface area contributed by atoms with E-state index in [0.29, 0.717) is 12.3 Å². The summed E-state index contributed by atoms with van der Waals surface area (Å²) in [6, 6.07) is 7.09. The van der Waals surface area contributed by atoms with Crippen molar-refractivity contribution in [2.24, 2.45) is 5.73 Å². The highest BCUT2D eigenvalue weighted by Gasteiger charge is 2.10. The molecule has 0 fully saturated rings. The number of para-hydroxylation sites is 1. The molecule has 0 atom stereocenters. The van der Waals surface area contributed by atoms with E-state index in [4.69, 9.17) is 10.5 Å². The second-order valence-corrected chi connectivity index (χ2v) is 5.12. The summed E-state index contributed by atoms with van der Waals surface area (Å²) in [5, 5.41) is 2.71. The molecular weight excluding hydrogens is 292 g/mol. The minimum absolute atomic E-state index is 0.0380. The van der Waals surface area contributed by atoms with Gasteiger partial charge in [-0.15, -0.1) is 11.8 Å². The monoisotopic (exact) mass is 310 g/mol. The van der Waals surface area contributed by atoms with Crippen LogP contribution in [-0.2, 0) is 19.1 Å². The number of benzene rings is 1. The fourth-order valence-corrected chi connectivity index (χ4v) is 2.25. The number of hydrogen-bond acceptors (Lipinski definition) is 5. The second kappa shape index (κ2) is 9.02. The fourth-order valence-electron chi connectivity index (χ4n) is 1.51. The number of ether oxygens (including phenoxy) is 1. The maximum atomic E-state index is 11.8. The lowest BCUT2D eigenvalue weighted by atomic mass is 10.2. The molecule has 21 heavy (non-hydrogen) atoms. The Hall–Kier alpha value is -2.02.